The van der Waals surface area contributed by atoms with Crippen molar-refractivity contribution in [2.45, 2.75) is 38.1 Å². The van der Waals surface area contributed by atoms with E-state index in [9.17, 15) is 4.79 Å². The van der Waals surface area contributed by atoms with Crippen molar-refractivity contribution in [2.24, 2.45) is 7.05 Å². The fourth-order valence-corrected chi connectivity index (χ4v) is 3.42. The van der Waals surface area contributed by atoms with Crippen LogP contribution < -0.4 is 5.32 Å². The maximum atomic E-state index is 12.5. The molecule has 7 nitrogen and oxygen atoms in total. The van der Waals surface area contributed by atoms with Gasteiger partial charge in [-0.1, -0.05) is 0 Å². The topological polar surface area (TPSA) is 74.0 Å². The number of carbonyl (C=O) groups excluding carboxylic acids is 1. The third-order valence-electron chi connectivity index (χ3n) is 4.70. The molecule has 0 aromatic carbocycles. The molecule has 2 aliphatic heterocycles. The SMILES string of the molecule is Cn1nc(C2CCCOC2)cc1NC(=O)c1cnn2c1CCC2. The number of aryl methyl sites for hydroxylation is 2. The number of amides is 1. The van der Waals surface area contributed by atoms with Crippen LogP contribution in [0.25, 0.3) is 0 Å². The Morgan fingerprint density at radius 2 is 2.35 bits per heavy atom. The van der Waals surface area contributed by atoms with Crippen LogP contribution in [0.15, 0.2) is 12.3 Å². The number of fused-ring (bicyclic) bond motifs is 1. The summed E-state index contributed by atoms with van der Waals surface area (Å²) in [7, 11) is 1.85. The number of hydrogen-bond acceptors (Lipinski definition) is 4. The zero-order valence-corrected chi connectivity index (χ0v) is 13.3. The molecule has 0 bridgehead atoms. The summed E-state index contributed by atoms with van der Waals surface area (Å²) in [5.41, 5.74) is 2.69. The largest absolute Gasteiger partial charge is 0.381 e. The zero-order chi connectivity index (χ0) is 15.8. The van der Waals surface area contributed by atoms with E-state index in [4.69, 9.17) is 4.74 Å². The quantitative estimate of drug-likeness (QED) is 0.936. The molecule has 0 spiro atoms. The molecule has 0 radical (unpaired) electrons. The highest BCUT2D eigenvalue weighted by Crippen LogP contribution is 2.26. The lowest BCUT2D eigenvalue weighted by Gasteiger charge is -2.19. The van der Waals surface area contributed by atoms with Gasteiger partial charge in [-0.25, -0.2) is 0 Å². The van der Waals surface area contributed by atoms with Gasteiger partial charge < -0.3 is 10.1 Å². The van der Waals surface area contributed by atoms with Crippen LogP contribution >= 0.6 is 0 Å². The monoisotopic (exact) mass is 315 g/mol. The second-order valence-electron chi connectivity index (χ2n) is 6.28. The molecule has 1 atom stereocenters. The summed E-state index contributed by atoms with van der Waals surface area (Å²) >= 11 is 0. The highest BCUT2D eigenvalue weighted by molar-refractivity contribution is 6.04. The molecular formula is C16H21N5O2. The molecule has 23 heavy (non-hydrogen) atoms. The number of carbonyl (C=O) groups is 1. The predicted octanol–water partition coefficient (Wildman–Crippen LogP) is 1.71. The first-order chi connectivity index (χ1) is 11.2. The number of ether oxygens (including phenoxy) is 1. The molecule has 4 heterocycles. The molecule has 0 aliphatic carbocycles. The molecule has 1 amide bonds. The van der Waals surface area contributed by atoms with Gasteiger partial charge >= 0.3 is 0 Å². The van der Waals surface area contributed by atoms with Crippen LogP contribution in [0.1, 0.15) is 46.9 Å². The van der Waals surface area contributed by atoms with E-state index >= 15 is 0 Å². The number of rotatable bonds is 3. The van der Waals surface area contributed by atoms with Crippen molar-refractivity contribution in [3.8, 4) is 0 Å². The fraction of sp³-hybridized carbons (Fsp3) is 0.562. The zero-order valence-electron chi connectivity index (χ0n) is 13.3. The maximum absolute atomic E-state index is 12.5. The third kappa shape index (κ3) is 2.65. The fourth-order valence-electron chi connectivity index (χ4n) is 3.42. The van der Waals surface area contributed by atoms with Gasteiger partial charge in [0.1, 0.15) is 5.82 Å². The Morgan fingerprint density at radius 3 is 3.17 bits per heavy atom. The lowest BCUT2D eigenvalue weighted by Crippen LogP contribution is -2.16. The molecule has 1 N–H and O–H groups in total. The van der Waals surface area contributed by atoms with Crippen molar-refractivity contribution < 1.29 is 9.53 Å². The van der Waals surface area contributed by atoms with Gasteiger partial charge in [0.15, 0.2) is 0 Å². The molecule has 122 valence electrons. The summed E-state index contributed by atoms with van der Waals surface area (Å²) in [6.07, 6.45) is 5.78. The molecule has 1 unspecified atom stereocenters. The number of anilines is 1. The van der Waals surface area contributed by atoms with Crippen LogP contribution in [0.5, 0.6) is 0 Å². The predicted molar refractivity (Wildman–Crippen MR) is 84.5 cm³/mol. The molecular weight excluding hydrogens is 294 g/mol. The summed E-state index contributed by atoms with van der Waals surface area (Å²) < 4.78 is 9.18. The normalized spacial score (nSPS) is 20.5. The van der Waals surface area contributed by atoms with Gasteiger partial charge in [-0.05, 0) is 25.7 Å². The van der Waals surface area contributed by atoms with Crippen LogP contribution in [0, 0.1) is 0 Å². The van der Waals surface area contributed by atoms with E-state index in [2.05, 4.69) is 15.5 Å². The Balaban J connectivity index is 1.52. The lowest BCUT2D eigenvalue weighted by atomic mass is 9.99. The van der Waals surface area contributed by atoms with Gasteiger partial charge in [-0.3, -0.25) is 14.2 Å². The Morgan fingerprint density at radius 1 is 1.43 bits per heavy atom. The van der Waals surface area contributed by atoms with E-state index in [1.165, 1.54) is 0 Å². The van der Waals surface area contributed by atoms with Crippen LogP contribution in [0.2, 0.25) is 0 Å². The Hall–Kier alpha value is -2.15. The van der Waals surface area contributed by atoms with E-state index in [0.717, 1.165) is 50.2 Å². The standard InChI is InChI=1S/C16H21N5O2/c1-20-15(8-13(19-20)11-4-3-7-23-10-11)18-16(22)12-9-17-21-6-2-5-14(12)21/h8-9,11H,2-7,10H2,1H3,(H,18,22). The molecule has 4 rings (SSSR count). The molecule has 0 saturated carbocycles. The van der Waals surface area contributed by atoms with Crippen LogP contribution in [0.3, 0.4) is 0 Å². The Kier molecular flexibility index (Phi) is 3.65. The lowest BCUT2D eigenvalue weighted by molar-refractivity contribution is 0.0791. The van der Waals surface area contributed by atoms with E-state index in [-0.39, 0.29) is 5.91 Å². The maximum Gasteiger partial charge on any atom is 0.260 e. The molecule has 2 aliphatic rings. The average Bonchev–Trinajstić information content (AvgIpc) is 3.24. The van der Waals surface area contributed by atoms with Crippen molar-refractivity contribution in [1.29, 1.82) is 0 Å². The van der Waals surface area contributed by atoms with Gasteiger partial charge in [-0.2, -0.15) is 10.2 Å². The van der Waals surface area contributed by atoms with Crippen molar-refractivity contribution in [3.63, 3.8) is 0 Å². The Bertz CT molecular complexity index is 727. The van der Waals surface area contributed by atoms with Crippen molar-refractivity contribution in [1.82, 2.24) is 19.6 Å². The summed E-state index contributed by atoms with van der Waals surface area (Å²) in [6.45, 7) is 2.45. The van der Waals surface area contributed by atoms with E-state index in [1.54, 1.807) is 10.9 Å². The highest BCUT2D eigenvalue weighted by atomic mass is 16.5. The van der Waals surface area contributed by atoms with Crippen molar-refractivity contribution in [3.05, 3.63) is 29.2 Å². The Labute approximate surface area is 134 Å². The van der Waals surface area contributed by atoms with E-state index in [0.29, 0.717) is 23.9 Å². The van der Waals surface area contributed by atoms with Crippen LogP contribution in [0.4, 0.5) is 5.82 Å². The van der Waals surface area contributed by atoms with Gasteiger partial charge in [0.25, 0.3) is 5.91 Å². The van der Waals surface area contributed by atoms with Crippen molar-refractivity contribution >= 4 is 11.7 Å². The second-order valence-corrected chi connectivity index (χ2v) is 6.28. The van der Waals surface area contributed by atoms with Gasteiger partial charge in [-0.15, -0.1) is 0 Å². The molecule has 2 aromatic rings. The first-order valence-electron chi connectivity index (χ1n) is 8.20. The van der Waals surface area contributed by atoms with Gasteiger partial charge in [0.2, 0.25) is 0 Å². The smallest absolute Gasteiger partial charge is 0.260 e. The first-order valence-corrected chi connectivity index (χ1v) is 8.20. The summed E-state index contributed by atoms with van der Waals surface area (Å²) in [6, 6.07) is 1.96. The minimum absolute atomic E-state index is 0.109. The summed E-state index contributed by atoms with van der Waals surface area (Å²) in [5.74, 6) is 0.928. The minimum atomic E-state index is -0.109. The number of nitrogens with one attached hydrogen (secondary N) is 1. The molecule has 2 aromatic heterocycles. The molecule has 1 saturated heterocycles. The van der Waals surface area contributed by atoms with Crippen LogP contribution in [-0.2, 0) is 24.8 Å². The van der Waals surface area contributed by atoms with E-state index in [1.807, 2.05) is 17.8 Å². The molecule has 7 heteroatoms. The third-order valence-corrected chi connectivity index (χ3v) is 4.70. The average molecular weight is 315 g/mol. The summed E-state index contributed by atoms with van der Waals surface area (Å²) in [5, 5.41) is 11.8. The van der Waals surface area contributed by atoms with Gasteiger partial charge in [0, 0.05) is 32.2 Å². The number of hydrogen-bond donors (Lipinski definition) is 1. The highest BCUT2D eigenvalue weighted by Gasteiger charge is 2.23. The molecule has 1 fully saturated rings. The first kappa shape index (κ1) is 14.4. The summed E-state index contributed by atoms with van der Waals surface area (Å²) in [4.78, 5) is 12.5. The van der Waals surface area contributed by atoms with Gasteiger partial charge in [0.05, 0.1) is 29.8 Å². The van der Waals surface area contributed by atoms with Crippen molar-refractivity contribution in [2.75, 3.05) is 18.5 Å². The second kappa shape index (κ2) is 5.81. The van der Waals surface area contributed by atoms with E-state index < -0.39 is 0 Å². The number of nitrogens with zero attached hydrogens (tertiary/aromatic N) is 4. The van der Waals surface area contributed by atoms with Crippen LogP contribution in [-0.4, -0.2) is 38.7 Å². The number of aromatic nitrogens is 4. The minimum Gasteiger partial charge on any atom is -0.381 e.